The molecule has 7 nitrogen and oxygen atoms in total. The number of nitrogens with zero attached hydrogens (tertiary/aromatic N) is 2. The molecule has 1 aromatic heterocycles. The maximum absolute atomic E-state index is 10.5. The summed E-state index contributed by atoms with van der Waals surface area (Å²) >= 11 is 5.74. The van der Waals surface area contributed by atoms with Crippen LogP contribution in [-0.4, -0.2) is 24.3 Å². The van der Waals surface area contributed by atoms with Crippen LogP contribution in [0.1, 0.15) is 11.1 Å². The Hall–Kier alpha value is -2.80. The molecule has 0 aliphatic rings. The Labute approximate surface area is 138 Å². The first-order valence-corrected chi connectivity index (χ1v) is 6.96. The molecular weight excluding hydrogens is 320 g/mol. The van der Waals surface area contributed by atoms with E-state index in [9.17, 15) is 4.79 Å². The van der Waals surface area contributed by atoms with E-state index in [1.807, 2.05) is 6.07 Å². The van der Waals surface area contributed by atoms with Gasteiger partial charge in [-0.2, -0.15) is 5.10 Å². The molecule has 8 heteroatoms. The number of hydrogen-bond acceptors (Lipinski definition) is 5. The van der Waals surface area contributed by atoms with E-state index < -0.39 is 6.03 Å². The van der Waals surface area contributed by atoms with Gasteiger partial charge in [-0.3, -0.25) is 0 Å². The van der Waals surface area contributed by atoms with Gasteiger partial charge in [-0.1, -0.05) is 17.7 Å². The van der Waals surface area contributed by atoms with E-state index in [-0.39, 0.29) is 0 Å². The van der Waals surface area contributed by atoms with Crippen molar-refractivity contribution in [2.24, 2.45) is 10.8 Å². The standard InChI is InChI=1S/C15H15ClN4O3/c1-22-13-6-10(8-19-20-15(17)21)2-4-12(13)23-9-11-3-5-14(16)18-7-11/h2-8H,9H2,1H3,(H3,17,20,21). The quantitative estimate of drug-likeness (QED) is 0.481. The number of pyridine rings is 1. The summed E-state index contributed by atoms with van der Waals surface area (Å²) in [5.74, 6) is 1.11. The van der Waals surface area contributed by atoms with Gasteiger partial charge in [0.15, 0.2) is 11.5 Å². The number of rotatable bonds is 6. The molecule has 0 bridgehead atoms. The van der Waals surface area contributed by atoms with Gasteiger partial charge in [-0.15, -0.1) is 0 Å². The van der Waals surface area contributed by atoms with Crippen molar-refractivity contribution in [2.45, 2.75) is 6.61 Å². The molecule has 0 aliphatic carbocycles. The summed E-state index contributed by atoms with van der Waals surface area (Å²) in [5, 5.41) is 4.11. The first-order valence-electron chi connectivity index (χ1n) is 6.58. The highest BCUT2D eigenvalue weighted by molar-refractivity contribution is 6.29. The summed E-state index contributed by atoms with van der Waals surface area (Å²) < 4.78 is 11.0. The molecule has 1 heterocycles. The summed E-state index contributed by atoms with van der Waals surface area (Å²) in [4.78, 5) is 14.5. The van der Waals surface area contributed by atoms with E-state index in [0.717, 1.165) is 11.1 Å². The number of hydrazone groups is 1. The van der Waals surface area contributed by atoms with Gasteiger partial charge in [0.05, 0.1) is 13.3 Å². The molecule has 2 aromatic rings. The molecule has 2 amide bonds. The summed E-state index contributed by atoms with van der Waals surface area (Å²) in [6.45, 7) is 0.331. The second-order valence-corrected chi connectivity index (χ2v) is 4.81. The number of halogens is 1. The SMILES string of the molecule is COc1cc(C=NNC(N)=O)ccc1OCc1ccc(Cl)nc1. The number of nitrogens with one attached hydrogen (secondary N) is 1. The van der Waals surface area contributed by atoms with Crippen molar-refractivity contribution in [2.75, 3.05) is 7.11 Å². The number of methoxy groups -OCH3 is 1. The molecule has 0 atom stereocenters. The van der Waals surface area contributed by atoms with Crippen LogP contribution in [0.5, 0.6) is 11.5 Å². The Morgan fingerprint density at radius 2 is 2.22 bits per heavy atom. The van der Waals surface area contributed by atoms with Crippen LogP contribution < -0.4 is 20.6 Å². The van der Waals surface area contributed by atoms with Crippen molar-refractivity contribution < 1.29 is 14.3 Å². The van der Waals surface area contributed by atoms with E-state index in [1.165, 1.54) is 13.3 Å². The monoisotopic (exact) mass is 334 g/mol. The Bertz CT molecular complexity index is 704. The fourth-order valence-corrected chi connectivity index (χ4v) is 1.82. The van der Waals surface area contributed by atoms with E-state index >= 15 is 0 Å². The van der Waals surface area contributed by atoms with Crippen molar-refractivity contribution in [1.82, 2.24) is 10.4 Å². The second-order valence-electron chi connectivity index (χ2n) is 4.42. The Kier molecular flexibility index (Phi) is 5.76. The molecule has 23 heavy (non-hydrogen) atoms. The van der Waals surface area contributed by atoms with Crippen molar-refractivity contribution >= 4 is 23.8 Å². The fraction of sp³-hybridized carbons (Fsp3) is 0.133. The van der Waals surface area contributed by atoms with Crippen molar-refractivity contribution in [1.29, 1.82) is 0 Å². The minimum atomic E-state index is -0.732. The highest BCUT2D eigenvalue weighted by atomic mass is 35.5. The summed E-state index contributed by atoms with van der Waals surface area (Å²) in [7, 11) is 1.54. The summed E-state index contributed by atoms with van der Waals surface area (Å²) in [5.41, 5.74) is 8.64. The zero-order valence-electron chi connectivity index (χ0n) is 12.3. The van der Waals surface area contributed by atoms with Crippen molar-refractivity contribution in [3.8, 4) is 11.5 Å². The Morgan fingerprint density at radius 1 is 1.39 bits per heavy atom. The average Bonchev–Trinajstić information content (AvgIpc) is 2.54. The van der Waals surface area contributed by atoms with Gasteiger partial charge in [0.25, 0.3) is 0 Å². The summed E-state index contributed by atoms with van der Waals surface area (Å²) in [6.07, 6.45) is 3.09. The normalized spacial score (nSPS) is 10.5. The minimum absolute atomic E-state index is 0.331. The Morgan fingerprint density at radius 3 is 2.87 bits per heavy atom. The van der Waals surface area contributed by atoms with Crippen LogP contribution in [0, 0.1) is 0 Å². The van der Waals surface area contributed by atoms with Crippen LogP contribution in [0.4, 0.5) is 4.79 Å². The molecular formula is C15H15ClN4O3. The molecule has 0 aliphatic heterocycles. The fourth-order valence-electron chi connectivity index (χ4n) is 1.71. The van der Waals surface area contributed by atoms with Gasteiger partial charge in [-0.05, 0) is 29.8 Å². The third-order valence-electron chi connectivity index (χ3n) is 2.76. The third-order valence-corrected chi connectivity index (χ3v) is 2.98. The van der Waals surface area contributed by atoms with Crippen LogP contribution in [-0.2, 0) is 6.61 Å². The number of benzene rings is 1. The molecule has 0 saturated carbocycles. The van der Waals surface area contributed by atoms with Crippen molar-refractivity contribution in [3.05, 3.63) is 52.8 Å². The van der Waals surface area contributed by atoms with Crippen LogP contribution in [0.15, 0.2) is 41.6 Å². The van der Waals surface area contributed by atoms with Gasteiger partial charge >= 0.3 is 6.03 Å². The predicted octanol–water partition coefficient (Wildman–Crippen LogP) is 2.32. The largest absolute Gasteiger partial charge is 0.493 e. The maximum Gasteiger partial charge on any atom is 0.332 e. The number of nitrogens with two attached hydrogens (primary N) is 1. The van der Waals surface area contributed by atoms with E-state index in [2.05, 4.69) is 15.5 Å². The molecule has 0 fully saturated rings. The van der Waals surface area contributed by atoms with Gasteiger partial charge in [0, 0.05) is 11.8 Å². The maximum atomic E-state index is 10.5. The van der Waals surface area contributed by atoms with Gasteiger partial charge in [0.1, 0.15) is 11.8 Å². The van der Waals surface area contributed by atoms with E-state index in [4.69, 9.17) is 26.8 Å². The Balaban J connectivity index is 2.05. The molecule has 0 radical (unpaired) electrons. The smallest absolute Gasteiger partial charge is 0.332 e. The third kappa shape index (κ3) is 5.15. The number of urea groups is 1. The number of amides is 2. The van der Waals surface area contributed by atoms with E-state index in [0.29, 0.717) is 23.3 Å². The average molecular weight is 335 g/mol. The lowest BCUT2D eigenvalue weighted by Crippen LogP contribution is -2.24. The van der Waals surface area contributed by atoms with Gasteiger partial charge in [-0.25, -0.2) is 15.2 Å². The second kappa shape index (κ2) is 8.00. The number of carbonyl (C=O) groups excluding carboxylic acids is 1. The van der Waals surface area contributed by atoms with Gasteiger partial charge in [0.2, 0.25) is 0 Å². The molecule has 2 rings (SSSR count). The number of carbonyl (C=O) groups is 1. The first kappa shape index (κ1) is 16.6. The lowest BCUT2D eigenvalue weighted by atomic mass is 10.2. The van der Waals surface area contributed by atoms with Crippen LogP contribution in [0.2, 0.25) is 5.15 Å². The number of aromatic nitrogens is 1. The molecule has 0 saturated heterocycles. The predicted molar refractivity (Wildman–Crippen MR) is 86.9 cm³/mol. The van der Waals surface area contributed by atoms with Crippen LogP contribution in [0.3, 0.4) is 0 Å². The van der Waals surface area contributed by atoms with Crippen LogP contribution >= 0.6 is 11.6 Å². The number of ether oxygens (including phenoxy) is 2. The molecule has 120 valence electrons. The summed E-state index contributed by atoms with van der Waals surface area (Å²) in [6, 6.07) is 8.03. The van der Waals surface area contributed by atoms with Crippen LogP contribution in [0.25, 0.3) is 0 Å². The zero-order chi connectivity index (χ0) is 16.7. The highest BCUT2D eigenvalue weighted by Crippen LogP contribution is 2.28. The molecule has 3 N–H and O–H groups in total. The molecule has 1 aromatic carbocycles. The number of primary amides is 1. The van der Waals surface area contributed by atoms with Gasteiger partial charge < -0.3 is 15.2 Å². The number of hydrogen-bond donors (Lipinski definition) is 2. The van der Waals surface area contributed by atoms with E-state index in [1.54, 1.807) is 30.5 Å². The minimum Gasteiger partial charge on any atom is -0.493 e. The first-order chi connectivity index (χ1) is 11.1. The highest BCUT2D eigenvalue weighted by Gasteiger charge is 2.06. The molecule has 0 unspecified atom stereocenters. The molecule has 0 spiro atoms. The zero-order valence-corrected chi connectivity index (χ0v) is 13.1. The van der Waals surface area contributed by atoms with Crippen molar-refractivity contribution in [3.63, 3.8) is 0 Å². The lowest BCUT2D eigenvalue weighted by molar-refractivity contribution is 0.249. The topological polar surface area (TPSA) is 98.8 Å². The lowest BCUT2D eigenvalue weighted by Gasteiger charge is -2.11.